The molecule has 0 saturated carbocycles. The zero-order valence-corrected chi connectivity index (χ0v) is 12.3. The maximum absolute atomic E-state index is 12.3. The van der Waals surface area contributed by atoms with Crippen LogP contribution >= 0.6 is 11.8 Å². The van der Waals surface area contributed by atoms with E-state index in [1.54, 1.807) is 24.3 Å². The van der Waals surface area contributed by atoms with Crippen molar-refractivity contribution in [2.45, 2.75) is 18.6 Å². The molecule has 0 radical (unpaired) electrons. The molecule has 108 valence electrons. The highest BCUT2D eigenvalue weighted by molar-refractivity contribution is 8.00. The standard InChI is InChI=1S/C14H18N2O3S/c1-2-19-11-5-3-10(4-6-11)16-13(17)9-12(14(16)18)20-8-7-15/h3-6,12H,2,7-9,15H2,1H3/p+1/t12-/m1/s1. The lowest BCUT2D eigenvalue weighted by atomic mass is 10.3. The number of carbonyl (C=O) groups excluding carboxylic acids is 2. The van der Waals surface area contributed by atoms with Crippen LogP contribution in [0.4, 0.5) is 5.69 Å². The maximum atomic E-state index is 12.3. The predicted octanol–water partition coefficient (Wildman–Crippen LogP) is 0.692. The molecule has 5 nitrogen and oxygen atoms in total. The average molecular weight is 295 g/mol. The van der Waals surface area contributed by atoms with Gasteiger partial charge in [0, 0.05) is 12.2 Å². The van der Waals surface area contributed by atoms with Gasteiger partial charge in [-0.3, -0.25) is 9.59 Å². The largest absolute Gasteiger partial charge is 0.494 e. The summed E-state index contributed by atoms with van der Waals surface area (Å²) in [6.45, 7) is 3.25. The smallest absolute Gasteiger partial charge is 0.247 e. The van der Waals surface area contributed by atoms with Crippen LogP contribution in [0.25, 0.3) is 0 Å². The first-order valence-corrected chi connectivity index (χ1v) is 7.72. The predicted molar refractivity (Wildman–Crippen MR) is 78.7 cm³/mol. The fourth-order valence-corrected chi connectivity index (χ4v) is 3.05. The van der Waals surface area contributed by atoms with E-state index < -0.39 is 0 Å². The molecule has 20 heavy (non-hydrogen) atoms. The highest BCUT2D eigenvalue weighted by Gasteiger charge is 2.39. The van der Waals surface area contributed by atoms with Crippen molar-refractivity contribution in [1.82, 2.24) is 0 Å². The molecule has 2 amide bonds. The molecule has 1 aliphatic heterocycles. The van der Waals surface area contributed by atoms with Gasteiger partial charge in [0.1, 0.15) is 5.75 Å². The van der Waals surface area contributed by atoms with Gasteiger partial charge >= 0.3 is 0 Å². The van der Waals surface area contributed by atoms with Crippen LogP contribution in [0.5, 0.6) is 5.75 Å². The number of rotatable bonds is 6. The molecule has 0 aromatic heterocycles. The molecule has 0 unspecified atom stereocenters. The van der Waals surface area contributed by atoms with Crippen molar-refractivity contribution in [2.24, 2.45) is 0 Å². The number of imide groups is 1. The quantitative estimate of drug-likeness (QED) is 0.784. The van der Waals surface area contributed by atoms with E-state index in [9.17, 15) is 9.59 Å². The Kier molecular flexibility index (Phi) is 5.03. The molecule has 0 bridgehead atoms. The lowest BCUT2D eigenvalue weighted by Crippen LogP contribution is -2.51. The van der Waals surface area contributed by atoms with Gasteiger partial charge in [-0.05, 0) is 31.2 Å². The number of hydrogen-bond donors (Lipinski definition) is 1. The van der Waals surface area contributed by atoms with E-state index >= 15 is 0 Å². The lowest BCUT2D eigenvalue weighted by Gasteiger charge is -2.15. The SMILES string of the molecule is CCOc1ccc(N2C(=O)C[C@@H](SCC[NH3+])C2=O)cc1. The van der Waals surface area contributed by atoms with E-state index in [4.69, 9.17) is 4.74 Å². The first-order chi connectivity index (χ1) is 9.67. The molecular formula is C14H19N2O3S+. The van der Waals surface area contributed by atoms with Gasteiger partial charge in [0.2, 0.25) is 11.8 Å². The molecule has 0 spiro atoms. The van der Waals surface area contributed by atoms with Crippen LogP contribution < -0.4 is 15.4 Å². The zero-order valence-electron chi connectivity index (χ0n) is 11.5. The highest BCUT2D eigenvalue weighted by Crippen LogP contribution is 2.30. The molecule has 1 atom stereocenters. The molecule has 1 aromatic carbocycles. The number of benzene rings is 1. The number of thioether (sulfide) groups is 1. The number of hydrogen-bond acceptors (Lipinski definition) is 4. The van der Waals surface area contributed by atoms with Crippen LogP contribution in [0.2, 0.25) is 0 Å². The van der Waals surface area contributed by atoms with Crippen LogP contribution in [0, 0.1) is 0 Å². The lowest BCUT2D eigenvalue weighted by molar-refractivity contribution is -0.360. The van der Waals surface area contributed by atoms with Crippen LogP contribution in [-0.2, 0) is 9.59 Å². The Hall–Kier alpha value is -1.53. The summed E-state index contributed by atoms with van der Waals surface area (Å²) < 4.78 is 5.35. The number of quaternary nitrogens is 1. The zero-order chi connectivity index (χ0) is 14.5. The van der Waals surface area contributed by atoms with E-state index in [-0.39, 0.29) is 23.5 Å². The molecule has 1 fully saturated rings. The van der Waals surface area contributed by atoms with Crippen molar-refractivity contribution in [2.75, 3.05) is 23.8 Å². The van der Waals surface area contributed by atoms with E-state index in [2.05, 4.69) is 5.73 Å². The van der Waals surface area contributed by atoms with Crippen molar-refractivity contribution < 1.29 is 20.1 Å². The van der Waals surface area contributed by atoms with Gasteiger partial charge in [-0.1, -0.05) is 0 Å². The van der Waals surface area contributed by atoms with Gasteiger partial charge in [-0.2, -0.15) is 0 Å². The molecule has 1 heterocycles. The molecule has 2 rings (SSSR count). The van der Waals surface area contributed by atoms with Crippen LogP contribution in [0.15, 0.2) is 24.3 Å². The Balaban J connectivity index is 2.11. The normalized spacial score (nSPS) is 18.7. The maximum Gasteiger partial charge on any atom is 0.247 e. The number of ether oxygens (including phenoxy) is 1. The van der Waals surface area contributed by atoms with Crippen LogP contribution in [0.3, 0.4) is 0 Å². The number of nitrogens with zero attached hydrogens (tertiary/aromatic N) is 1. The third kappa shape index (κ3) is 3.13. The second-order valence-corrected chi connectivity index (χ2v) is 5.72. The fourth-order valence-electron chi connectivity index (χ4n) is 2.09. The van der Waals surface area contributed by atoms with Crippen LogP contribution in [0.1, 0.15) is 13.3 Å². The first kappa shape index (κ1) is 14.9. The Morgan fingerprint density at radius 3 is 2.65 bits per heavy atom. The minimum atomic E-state index is -0.268. The summed E-state index contributed by atoms with van der Waals surface area (Å²) in [6.07, 6.45) is 0.275. The summed E-state index contributed by atoms with van der Waals surface area (Å²) in [5.41, 5.74) is 4.36. The Morgan fingerprint density at radius 2 is 2.05 bits per heavy atom. The molecule has 6 heteroatoms. The Labute approximate surface area is 122 Å². The second kappa shape index (κ2) is 6.76. The minimum Gasteiger partial charge on any atom is -0.494 e. The number of carbonyl (C=O) groups is 2. The van der Waals surface area contributed by atoms with E-state index in [0.717, 1.165) is 18.0 Å². The van der Waals surface area contributed by atoms with Gasteiger partial charge in [-0.25, -0.2) is 4.90 Å². The monoisotopic (exact) mass is 295 g/mol. The van der Waals surface area contributed by atoms with Crippen molar-refractivity contribution in [3.05, 3.63) is 24.3 Å². The van der Waals surface area contributed by atoms with Crippen molar-refractivity contribution in [1.29, 1.82) is 0 Å². The summed E-state index contributed by atoms with van der Waals surface area (Å²) in [6, 6.07) is 7.04. The first-order valence-electron chi connectivity index (χ1n) is 6.68. The molecule has 1 aliphatic rings. The summed E-state index contributed by atoms with van der Waals surface area (Å²) in [7, 11) is 0. The van der Waals surface area contributed by atoms with Gasteiger partial charge in [0.05, 0.1) is 24.1 Å². The van der Waals surface area contributed by atoms with Gasteiger partial charge in [0.15, 0.2) is 0 Å². The molecule has 1 aromatic rings. The Bertz CT molecular complexity index is 490. The molecule has 3 N–H and O–H groups in total. The van der Waals surface area contributed by atoms with E-state index in [1.807, 2.05) is 6.92 Å². The second-order valence-electron chi connectivity index (χ2n) is 4.41. The van der Waals surface area contributed by atoms with Gasteiger partial charge in [0.25, 0.3) is 0 Å². The van der Waals surface area contributed by atoms with Crippen LogP contribution in [-0.4, -0.2) is 36.0 Å². The molecule has 0 aliphatic carbocycles. The molecule has 1 saturated heterocycles. The van der Waals surface area contributed by atoms with Crippen molar-refractivity contribution in [3.63, 3.8) is 0 Å². The topological polar surface area (TPSA) is 74.2 Å². The third-order valence-electron chi connectivity index (χ3n) is 2.97. The summed E-state index contributed by atoms with van der Waals surface area (Å²) >= 11 is 1.51. The van der Waals surface area contributed by atoms with Crippen molar-refractivity contribution in [3.8, 4) is 5.75 Å². The summed E-state index contributed by atoms with van der Waals surface area (Å²) in [5.74, 6) is 1.26. The fraction of sp³-hybridized carbons (Fsp3) is 0.429. The summed E-state index contributed by atoms with van der Waals surface area (Å²) in [4.78, 5) is 25.6. The number of anilines is 1. The van der Waals surface area contributed by atoms with E-state index in [1.165, 1.54) is 16.7 Å². The number of amides is 2. The van der Waals surface area contributed by atoms with Gasteiger partial charge < -0.3 is 10.5 Å². The highest BCUT2D eigenvalue weighted by atomic mass is 32.2. The molecular weight excluding hydrogens is 276 g/mol. The third-order valence-corrected chi connectivity index (χ3v) is 4.27. The summed E-state index contributed by atoms with van der Waals surface area (Å²) in [5, 5.41) is -0.268. The minimum absolute atomic E-state index is 0.127. The van der Waals surface area contributed by atoms with Crippen molar-refractivity contribution >= 4 is 29.3 Å². The van der Waals surface area contributed by atoms with Gasteiger partial charge in [-0.15, -0.1) is 11.8 Å². The van der Waals surface area contributed by atoms with E-state index in [0.29, 0.717) is 12.3 Å². The average Bonchev–Trinajstić information content (AvgIpc) is 2.73. The Morgan fingerprint density at radius 1 is 1.35 bits per heavy atom.